The summed E-state index contributed by atoms with van der Waals surface area (Å²) in [5.41, 5.74) is 2.67. The largest absolute Gasteiger partial charge is 0.356 e. The summed E-state index contributed by atoms with van der Waals surface area (Å²) in [6.45, 7) is 6.97. The number of hydrogen-bond acceptors (Lipinski definition) is 3. The fourth-order valence-corrected chi connectivity index (χ4v) is 3.06. The number of benzene rings is 1. The summed E-state index contributed by atoms with van der Waals surface area (Å²) in [6.07, 6.45) is 2.97. The number of piperidine rings is 1. The van der Waals surface area contributed by atoms with E-state index in [0.717, 1.165) is 52.0 Å². The van der Waals surface area contributed by atoms with E-state index >= 15 is 0 Å². The first-order valence-electron chi connectivity index (χ1n) is 8.75. The van der Waals surface area contributed by atoms with Gasteiger partial charge in [-0.25, -0.2) is 0 Å². The Labute approximate surface area is 140 Å². The number of nitrogens with zero attached hydrogens (tertiary/aromatic N) is 2. The van der Waals surface area contributed by atoms with Gasteiger partial charge in [0.2, 0.25) is 5.91 Å². The normalized spacial score (nSPS) is 16.7. The topological polar surface area (TPSA) is 35.6 Å². The minimum atomic E-state index is 0.198. The molecule has 0 spiro atoms. The quantitative estimate of drug-likeness (QED) is 0.784. The molecule has 23 heavy (non-hydrogen) atoms. The fourth-order valence-electron chi connectivity index (χ4n) is 3.06. The molecule has 0 aliphatic carbocycles. The van der Waals surface area contributed by atoms with Gasteiger partial charge >= 0.3 is 0 Å². The predicted octanol–water partition coefficient (Wildman–Crippen LogP) is 2.27. The molecule has 1 fully saturated rings. The molecule has 0 atom stereocenters. The van der Waals surface area contributed by atoms with Gasteiger partial charge in [0.25, 0.3) is 0 Å². The van der Waals surface area contributed by atoms with E-state index in [1.165, 1.54) is 11.1 Å². The lowest BCUT2D eigenvalue weighted by Crippen LogP contribution is -2.40. The summed E-state index contributed by atoms with van der Waals surface area (Å²) in [6, 6.07) is 8.75. The summed E-state index contributed by atoms with van der Waals surface area (Å²) >= 11 is 0. The van der Waals surface area contributed by atoms with Crippen molar-refractivity contribution in [2.75, 3.05) is 40.3 Å². The Morgan fingerprint density at radius 3 is 2.48 bits per heavy atom. The molecule has 1 aliphatic rings. The standard InChI is InChI=1S/C19H31N3O/c1-16-5-7-17(8-6-16)15-22-13-9-18(10-14-22)19(23)20-11-4-12-21(2)3/h5-8,18H,4,9-15H2,1-3H3,(H,20,23). The maximum Gasteiger partial charge on any atom is 0.223 e. The molecule has 4 nitrogen and oxygen atoms in total. The van der Waals surface area contributed by atoms with Crippen molar-refractivity contribution in [1.82, 2.24) is 15.1 Å². The minimum absolute atomic E-state index is 0.198. The van der Waals surface area contributed by atoms with Gasteiger partial charge in [0.05, 0.1) is 0 Å². The van der Waals surface area contributed by atoms with Gasteiger partial charge in [-0.05, 0) is 65.5 Å². The highest BCUT2D eigenvalue weighted by molar-refractivity contribution is 5.78. The minimum Gasteiger partial charge on any atom is -0.356 e. The van der Waals surface area contributed by atoms with Gasteiger partial charge in [-0.15, -0.1) is 0 Å². The van der Waals surface area contributed by atoms with Crippen molar-refractivity contribution in [3.8, 4) is 0 Å². The molecular weight excluding hydrogens is 286 g/mol. The lowest BCUT2D eigenvalue weighted by molar-refractivity contribution is -0.126. The van der Waals surface area contributed by atoms with E-state index in [1.54, 1.807) is 0 Å². The first kappa shape index (κ1) is 18.0. The molecule has 1 aliphatic heterocycles. The zero-order valence-electron chi connectivity index (χ0n) is 14.8. The van der Waals surface area contributed by atoms with Gasteiger partial charge < -0.3 is 10.2 Å². The van der Waals surface area contributed by atoms with Gasteiger partial charge in [-0.2, -0.15) is 0 Å². The number of aryl methyl sites for hydroxylation is 1. The molecule has 1 heterocycles. The molecule has 1 N–H and O–H groups in total. The van der Waals surface area contributed by atoms with Gasteiger partial charge in [-0.1, -0.05) is 29.8 Å². The number of nitrogens with one attached hydrogen (secondary N) is 1. The molecule has 1 aromatic carbocycles. The highest BCUT2D eigenvalue weighted by Crippen LogP contribution is 2.19. The molecule has 0 bridgehead atoms. The van der Waals surface area contributed by atoms with Crippen molar-refractivity contribution >= 4 is 5.91 Å². The van der Waals surface area contributed by atoms with Gasteiger partial charge in [0.1, 0.15) is 0 Å². The van der Waals surface area contributed by atoms with Crippen LogP contribution in [-0.4, -0.2) is 56.0 Å². The van der Waals surface area contributed by atoms with Crippen molar-refractivity contribution in [2.45, 2.75) is 32.7 Å². The summed E-state index contributed by atoms with van der Waals surface area (Å²) in [4.78, 5) is 16.8. The number of carbonyl (C=O) groups excluding carboxylic acids is 1. The Hall–Kier alpha value is -1.39. The summed E-state index contributed by atoms with van der Waals surface area (Å²) in [5, 5.41) is 3.09. The Bertz CT molecular complexity index is 476. The van der Waals surface area contributed by atoms with E-state index < -0.39 is 0 Å². The number of likely N-dealkylation sites (tertiary alicyclic amines) is 1. The Kier molecular flexibility index (Phi) is 7.06. The molecule has 4 heteroatoms. The van der Waals surface area contributed by atoms with Crippen molar-refractivity contribution in [2.24, 2.45) is 5.92 Å². The van der Waals surface area contributed by atoms with Crippen molar-refractivity contribution < 1.29 is 4.79 Å². The van der Waals surface area contributed by atoms with E-state index in [9.17, 15) is 4.79 Å². The van der Waals surface area contributed by atoms with E-state index in [4.69, 9.17) is 0 Å². The number of carbonyl (C=O) groups is 1. The maximum absolute atomic E-state index is 12.2. The molecule has 2 rings (SSSR count). The third kappa shape index (κ3) is 6.32. The number of rotatable bonds is 7. The molecule has 0 saturated carbocycles. The number of amides is 1. The zero-order valence-corrected chi connectivity index (χ0v) is 14.8. The Morgan fingerprint density at radius 2 is 1.87 bits per heavy atom. The van der Waals surface area contributed by atoms with Crippen LogP contribution in [0.25, 0.3) is 0 Å². The van der Waals surface area contributed by atoms with Crippen LogP contribution >= 0.6 is 0 Å². The van der Waals surface area contributed by atoms with E-state index in [-0.39, 0.29) is 11.8 Å². The fraction of sp³-hybridized carbons (Fsp3) is 0.632. The summed E-state index contributed by atoms with van der Waals surface area (Å²) in [7, 11) is 4.12. The molecule has 128 valence electrons. The third-order valence-corrected chi connectivity index (χ3v) is 4.57. The second-order valence-corrected chi connectivity index (χ2v) is 6.98. The van der Waals surface area contributed by atoms with Crippen LogP contribution in [0.1, 0.15) is 30.4 Å². The lowest BCUT2D eigenvalue weighted by Gasteiger charge is -2.31. The summed E-state index contributed by atoms with van der Waals surface area (Å²) in [5.74, 6) is 0.447. The monoisotopic (exact) mass is 317 g/mol. The third-order valence-electron chi connectivity index (χ3n) is 4.57. The van der Waals surface area contributed by atoms with Crippen LogP contribution in [0.4, 0.5) is 0 Å². The van der Waals surface area contributed by atoms with Crippen LogP contribution in [0.5, 0.6) is 0 Å². The average Bonchev–Trinajstić information content (AvgIpc) is 2.54. The Balaban J connectivity index is 1.66. The van der Waals surface area contributed by atoms with Gasteiger partial charge in [-0.3, -0.25) is 9.69 Å². The Morgan fingerprint density at radius 1 is 1.22 bits per heavy atom. The molecule has 1 amide bonds. The number of hydrogen-bond donors (Lipinski definition) is 1. The first-order valence-corrected chi connectivity index (χ1v) is 8.75. The van der Waals surface area contributed by atoms with E-state index in [2.05, 4.69) is 60.4 Å². The molecule has 1 aromatic rings. The van der Waals surface area contributed by atoms with Crippen molar-refractivity contribution in [1.29, 1.82) is 0 Å². The van der Waals surface area contributed by atoms with Crippen LogP contribution in [0.3, 0.4) is 0 Å². The second kappa shape index (κ2) is 9.04. The predicted molar refractivity (Wildman–Crippen MR) is 95.4 cm³/mol. The molecule has 0 unspecified atom stereocenters. The second-order valence-electron chi connectivity index (χ2n) is 6.98. The zero-order chi connectivity index (χ0) is 16.7. The SMILES string of the molecule is Cc1ccc(CN2CCC(C(=O)NCCCN(C)C)CC2)cc1. The highest BCUT2D eigenvalue weighted by atomic mass is 16.1. The van der Waals surface area contributed by atoms with Crippen molar-refractivity contribution in [3.63, 3.8) is 0 Å². The van der Waals surface area contributed by atoms with Gasteiger partial charge in [0, 0.05) is 19.0 Å². The maximum atomic E-state index is 12.2. The van der Waals surface area contributed by atoms with Crippen LogP contribution in [-0.2, 0) is 11.3 Å². The van der Waals surface area contributed by atoms with Crippen LogP contribution in [0, 0.1) is 12.8 Å². The molecule has 1 saturated heterocycles. The van der Waals surface area contributed by atoms with Gasteiger partial charge in [0.15, 0.2) is 0 Å². The first-order chi connectivity index (χ1) is 11.0. The molecule has 0 aromatic heterocycles. The lowest BCUT2D eigenvalue weighted by atomic mass is 9.95. The van der Waals surface area contributed by atoms with Crippen LogP contribution in [0.2, 0.25) is 0 Å². The molecule has 0 radical (unpaired) electrons. The van der Waals surface area contributed by atoms with Crippen LogP contribution in [0.15, 0.2) is 24.3 Å². The van der Waals surface area contributed by atoms with Crippen LogP contribution < -0.4 is 5.32 Å². The van der Waals surface area contributed by atoms with Crippen molar-refractivity contribution in [3.05, 3.63) is 35.4 Å². The highest BCUT2D eigenvalue weighted by Gasteiger charge is 2.24. The molecular formula is C19H31N3O. The van der Waals surface area contributed by atoms with E-state index in [0.29, 0.717) is 0 Å². The average molecular weight is 317 g/mol. The smallest absolute Gasteiger partial charge is 0.223 e. The van der Waals surface area contributed by atoms with E-state index in [1.807, 2.05) is 0 Å². The summed E-state index contributed by atoms with van der Waals surface area (Å²) < 4.78 is 0.